The first kappa shape index (κ1) is 19.4. The van der Waals surface area contributed by atoms with Crippen LogP contribution in [-0.2, 0) is 0 Å². The normalized spacial score (nSPS) is 32.8. The largest absolute Gasteiger partial charge is 0.393 e. The van der Waals surface area contributed by atoms with Gasteiger partial charge >= 0.3 is 0 Å². The first-order valence-corrected chi connectivity index (χ1v) is 8.96. The molecule has 0 radical (unpaired) electrons. The van der Waals surface area contributed by atoms with E-state index in [1.54, 1.807) is 0 Å². The number of nitrogens with one attached hydrogen (secondary N) is 2. The molecule has 1 aliphatic heterocycles. The molecule has 0 bridgehead atoms. The Balaban J connectivity index is 0.00000220. The van der Waals surface area contributed by atoms with Crippen LogP contribution in [-0.4, -0.2) is 47.3 Å². The molecule has 1 heterocycles. The number of rotatable bonds is 5. The summed E-state index contributed by atoms with van der Waals surface area (Å²) in [5.41, 5.74) is 0. The standard InChI is InChI=1S/C15H29N3OS.HI/c1-3-16-14(17-10-12-6-4-7-13(12)19)18-11-15(2)8-5-9-20-15;/h12-13,19H,3-11H2,1-2H3,(H2,16,17,18);1H. The molecule has 0 aromatic heterocycles. The summed E-state index contributed by atoms with van der Waals surface area (Å²) in [4.78, 5) is 4.75. The molecule has 0 spiro atoms. The highest BCUT2D eigenvalue weighted by molar-refractivity contribution is 14.0. The number of aliphatic hydroxyl groups excluding tert-OH is 1. The first-order chi connectivity index (χ1) is 9.63. The van der Waals surface area contributed by atoms with Crippen molar-refractivity contribution in [2.75, 3.05) is 25.4 Å². The minimum Gasteiger partial charge on any atom is -0.393 e. The van der Waals surface area contributed by atoms with Gasteiger partial charge in [0.1, 0.15) is 0 Å². The molecule has 3 N–H and O–H groups in total. The van der Waals surface area contributed by atoms with E-state index in [9.17, 15) is 5.11 Å². The van der Waals surface area contributed by atoms with Crippen molar-refractivity contribution in [1.29, 1.82) is 0 Å². The molecule has 0 aromatic carbocycles. The van der Waals surface area contributed by atoms with E-state index in [2.05, 4.69) is 24.5 Å². The topological polar surface area (TPSA) is 56.7 Å². The molecule has 4 nitrogen and oxygen atoms in total. The van der Waals surface area contributed by atoms with Crippen molar-refractivity contribution in [3.63, 3.8) is 0 Å². The molecule has 3 unspecified atom stereocenters. The van der Waals surface area contributed by atoms with Crippen LogP contribution in [0, 0.1) is 5.92 Å². The van der Waals surface area contributed by atoms with Crippen molar-refractivity contribution in [3.05, 3.63) is 0 Å². The van der Waals surface area contributed by atoms with Gasteiger partial charge in [-0.3, -0.25) is 4.99 Å². The molecule has 1 saturated heterocycles. The predicted octanol–water partition coefficient (Wildman–Crippen LogP) is 2.61. The summed E-state index contributed by atoms with van der Waals surface area (Å²) < 4.78 is 0.315. The van der Waals surface area contributed by atoms with Crippen LogP contribution in [0.3, 0.4) is 0 Å². The number of nitrogens with zero attached hydrogens (tertiary/aromatic N) is 1. The first-order valence-electron chi connectivity index (χ1n) is 7.97. The van der Waals surface area contributed by atoms with Gasteiger partial charge in [0, 0.05) is 23.8 Å². The van der Waals surface area contributed by atoms with E-state index in [0.717, 1.165) is 44.9 Å². The minimum atomic E-state index is -0.131. The molecule has 1 aliphatic carbocycles. The van der Waals surface area contributed by atoms with Crippen molar-refractivity contribution in [2.24, 2.45) is 10.9 Å². The third-order valence-electron chi connectivity index (χ3n) is 4.37. The number of aliphatic imine (C=N–C) groups is 1. The van der Waals surface area contributed by atoms with E-state index in [1.807, 2.05) is 11.8 Å². The Morgan fingerprint density at radius 3 is 2.71 bits per heavy atom. The lowest BCUT2D eigenvalue weighted by Gasteiger charge is -2.22. The van der Waals surface area contributed by atoms with Gasteiger partial charge in [-0.15, -0.1) is 24.0 Å². The van der Waals surface area contributed by atoms with Crippen molar-refractivity contribution < 1.29 is 5.11 Å². The fraction of sp³-hybridized carbons (Fsp3) is 0.933. The highest BCUT2D eigenvalue weighted by Crippen LogP contribution is 2.37. The van der Waals surface area contributed by atoms with E-state index in [0.29, 0.717) is 10.7 Å². The Labute approximate surface area is 150 Å². The monoisotopic (exact) mass is 427 g/mol. The van der Waals surface area contributed by atoms with Gasteiger partial charge in [0.2, 0.25) is 0 Å². The summed E-state index contributed by atoms with van der Waals surface area (Å²) in [6.07, 6.45) is 5.68. The molecule has 0 aromatic rings. The lowest BCUT2D eigenvalue weighted by molar-refractivity contribution is 0.134. The van der Waals surface area contributed by atoms with Crippen LogP contribution in [0.25, 0.3) is 0 Å². The van der Waals surface area contributed by atoms with E-state index in [4.69, 9.17) is 4.99 Å². The fourth-order valence-corrected chi connectivity index (χ4v) is 4.26. The fourth-order valence-electron chi connectivity index (χ4n) is 3.03. The van der Waals surface area contributed by atoms with Crippen LogP contribution in [0.1, 0.15) is 46.0 Å². The number of hydrogen-bond acceptors (Lipinski definition) is 3. The second-order valence-corrected chi connectivity index (χ2v) is 7.92. The second-order valence-electron chi connectivity index (χ2n) is 6.24. The minimum absolute atomic E-state index is 0. The molecule has 2 rings (SSSR count). The van der Waals surface area contributed by atoms with Crippen molar-refractivity contribution in [3.8, 4) is 0 Å². The van der Waals surface area contributed by atoms with Crippen LogP contribution in [0.5, 0.6) is 0 Å². The van der Waals surface area contributed by atoms with Gasteiger partial charge in [0.25, 0.3) is 0 Å². The maximum atomic E-state index is 9.87. The number of thioether (sulfide) groups is 1. The maximum Gasteiger partial charge on any atom is 0.191 e. The summed E-state index contributed by atoms with van der Waals surface area (Å²) in [5, 5.41) is 16.6. The van der Waals surface area contributed by atoms with Crippen molar-refractivity contribution in [1.82, 2.24) is 10.6 Å². The smallest absolute Gasteiger partial charge is 0.191 e. The Bertz CT molecular complexity index is 335. The zero-order chi connectivity index (χ0) is 14.4. The van der Waals surface area contributed by atoms with Crippen molar-refractivity contribution >= 4 is 41.7 Å². The molecule has 6 heteroatoms. The van der Waals surface area contributed by atoms with Crippen LogP contribution in [0.15, 0.2) is 4.99 Å². The van der Waals surface area contributed by atoms with E-state index in [1.165, 1.54) is 18.6 Å². The zero-order valence-electron chi connectivity index (χ0n) is 13.2. The highest BCUT2D eigenvalue weighted by Gasteiger charge is 2.29. The Morgan fingerprint density at radius 1 is 1.33 bits per heavy atom. The molecular weight excluding hydrogens is 397 g/mol. The zero-order valence-corrected chi connectivity index (χ0v) is 16.4. The van der Waals surface area contributed by atoms with Gasteiger partial charge in [-0.2, -0.15) is 11.8 Å². The molecular formula is C15H30IN3OS. The van der Waals surface area contributed by atoms with Crippen LogP contribution in [0.4, 0.5) is 0 Å². The van der Waals surface area contributed by atoms with Gasteiger partial charge in [-0.25, -0.2) is 0 Å². The third kappa shape index (κ3) is 6.14. The molecule has 2 aliphatic rings. The molecule has 21 heavy (non-hydrogen) atoms. The lowest BCUT2D eigenvalue weighted by atomic mass is 10.1. The van der Waals surface area contributed by atoms with Crippen LogP contribution >= 0.6 is 35.7 Å². The average Bonchev–Trinajstić information content (AvgIpc) is 3.03. The molecule has 0 amide bonds. The SMILES string of the molecule is CCNC(=NCC1(C)CCCS1)NCC1CCCC1O.I. The van der Waals surface area contributed by atoms with Gasteiger partial charge in [0.05, 0.1) is 12.6 Å². The summed E-state index contributed by atoms with van der Waals surface area (Å²) in [6, 6.07) is 0. The summed E-state index contributed by atoms with van der Waals surface area (Å²) in [7, 11) is 0. The highest BCUT2D eigenvalue weighted by atomic mass is 127. The maximum absolute atomic E-state index is 9.87. The van der Waals surface area contributed by atoms with Gasteiger partial charge in [-0.1, -0.05) is 6.42 Å². The molecule has 3 atom stereocenters. The Morgan fingerprint density at radius 2 is 2.14 bits per heavy atom. The Hall–Kier alpha value is 0.310. The number of aliphatic hydroxyl groups is 1. The number of halogens is 1. The summed E-state index contributed by atoms with van der Waals surface area (Å²) in [6.45, 7) is 6.99. The van der Waals surface area contributed by atoms with Gasteiger partial charge in [0.15, 0.2) is 5.96 Å². The van der Waals surface area contributed by atoms with Crippen molar-refractivity contribution in [2.45, 2.75) is 56.8 Å². The summed E-state index contributed by atoms with van der Waals surface area (Å²) in [5.74, 6) is 2.56. The predicted molar refractivity (Wildman–Crippen MR) is 103 cm³/mol. The van der Waals surface area contributed by atoms with Crippen LogP contribution < -0.4 is 10.6 Å². The number of hydrogen-bond donors (Lipinski definition) is 3. The lowest BCUT2D eigenvalue weighted by Crippen LogP contribution is -2.41. The van der Waals surface area contributed by atoms with E-state index >= 15 is 0 Å². The Kier molecular flexibility index (Phi) is 8.71. The van der Waals surface area contributed by atoms with Gasteiger partial charge in [-0.05, 0) is 45.3 Å². The molecule has 124 valence electrons. The quantitative estimate of drug-likeness (QED) is 0.359. The number of guanidine groups is 1. The molecule has 1 saturated carbocycles. The molecule has 2 fully saturated rings. The van der Waals surface area contributed by atoms with Crippen LogP contribution in [0.2, 0.25) is 0 Å². The second kappa shape index (κ2) is 9.45. The van der Waals surface area contributed by atoms with E-state index < -0.39 is 0 Å². The third-order valence-corrected chi connectivity index (χ3v) is 5.89. The average molecular weight is 427 g/mol. The van der Waals surface area contributed by atoms with E-state index in [-0.39, 0.29) is 30.1 Å². The summed E-state index contributed by atoms with van der Waals surface area (Å²) >= 11 is 2.05. The van der Waals surface area contributed by atoms with Gasteiger partial charge < -0.3 is 15.7 Å².